The van der Waals surface area contributed by atoms with Gasteiger partial charge in [0.1, 0.15) is 11.6 Å². The van der Waals surface area contributed by atoms with Crippen LogP contribution >= 0.6 is 11.6 Å². The molecule has 2 aliphatic rings. The molecule has 5 rings (SSSR count). The molecule has 30 heavy (non-hydrogen) atoms. The van der Waals surface area contributed by atoms with Gasteiger partial charge in [0.05, 0.1) is 16.7 Å². The number of nitrogens with zero attached hydrogens (tertiary/aromatic N) is 1. The number of carbonyl (C=O) groups is 2. The largest absolute Gasteiger partial charge is 0.482 e. The van der Waals surface area contributed by atoms with Gasteiger partial charge in [0.25, 0.3) is 11.8 Å². The molecule has 1 aliphatic carbocycles. The van der Waals surface area contributed by atoms with Crippen LogP contribution in [0.2, 0.25) is 5.02 Å². The topological polar surface area (TPSA) is 96.1 Å². The number of imidazole rings is 1. The lowest BCUT2D eigenvalue weighted by Gasteiger charge is -2.29. The molecule has 0 spiro atoms. The lowest BCUT2D eigenvalue weighted by atomic mass is 9.85. The number of amides is 2. The number of nitrogens with one attached hydrogen (secondary N) is 3. The normalized spacial score (nSPS) is 20.9. The minimum absolute atomic E-state index is 0.00397. The number of hydrogen-bond acceptors (Lipinski definition) is 4. The molecule has 8 heteroatoms. The second-order valence-corrected chi connectivity index (χ2v) is 8.30. The highest BCUT2D eigenvalue weighted by molar-refractivity contribution is 6.31. The first-order valence-electron chi connectivity index (χ1n) is 10.1. The first kappa shape index (κ1) is 18.9. The van der Waals surface area contributed by atoms with Gasteiger partial charge in [0.2, 0.25) is 0 Å². The van der Waals surface area contributed by atoms with Crippen molar-refractivity contribution in [1.82, 2.24) is 15.3 Å². The first-order chi connectivity index (χ1) is 14.5. The molecule has 0 saturated heterocycles. The third-order valence-electron chi connectivity index (χ3n) is 5.73. The molecule has 1 aromatic heterocycles. The Morgan fingerprint density at radius 2 is 2.10 bits per heavy atom. The van der Waals surface area contributed by atoms with Gasteiger partial charge in [0, 0.05) is 22.5 Å². The Labute approximate surface area is 178 Å². The number of carbonyl (C=O) groups excluding carboxylic acids is 2. The average Bonchev–Trinajstić information content (AvgIpc) is 3.16. The monoisotopic (exact) mass is 424 g/mol. The van der Waals surface area contributed by atoms with Crippen LogP contribution in [0.5, 0.6) is 5.75 Å². The Morgan fingerprint density at radius 1 is 1.20 bits per heavy atom. The van der Waals surface area contributed by atoms with Crippen LogP contribution in [0.3, 0.4) is 0 Å². The van der Waals surface area contributed by atoms with Crippen LogP contribution in [0.15, 0.2) is 36.4 Å². The second kappa shape index (κ2) is 7.65. The van der Waals surface area contributed by atoms with E-state index in [4.69, 9.17) is 21.3 Å². The molecule has 1 fully saturated rings. The molecular weight excluding hydrogens is 404 g/mol. The van der Waals surface area contributed by atoms with E-state index in [1.807, 2.05) is 18.2 Å². The average molecular weight is 425 g/mol. The van der Waals surface area contributed by atoms with Gasteiger partial charge >= 0.3 is 0 Å². The predicted molar refractivity (Wildman–Crippen MR) is 114 cm³/mol. The summed E-state index contributed by atoms with van der Waals surface area (Å²) >= 11 is 6.07. The van der Waals surface area contributed by atoms with Crippen molar-refractivity contribution in [2.75, 3.05) is 11.9 Å². The lowest BCUT2D eigenvalue weighted by molar-refractivity contribution is -0.118. The van der Waals surface area contributed by atoms with E-state index in [0.717, 1.165) is 42.5 Å². The number of rotatable bonds is 3. The van der Waals surface area contributed by atoms with Crippen LogP contribution in [0.4, 0.5) is 5.69 Å². The molecule has 3 N–H and O–H groups in total. The van der Waals surface area contributed by atoms with Crippen LogP contribution in [-0.4, -0.2) is 34.4 Å². The van der Waals surface area contributed by atoms with E-state index in [1.165, 1.54) is 0 Å². The van der Waals surface area contributed by atoms with E-state index in [1.54, 1.807) is 18.2 Å². The number of ether oxygens (including phenoxy) is 1. The first-order valence-corrected chi connectivity index (χ1v) is 10.5. The van der Waals surface area contributed by atoms with Gasteiger partial charge in [0.15, 0.2) is 6.61 Å². The number of anilines is 1. The van der Waals surface area contributed by atoms with E-state index < -0.39 is 0 Å². The Balaban J connectivity index is 1.28. The molecule has 3 aromatic rings. The van der Waals surface area contributed by atoms with Crippen molar-refractivity contribution in [3.05, 3.63) is 52.8 Å². The summed E-state index contributed by atoms with van der Waals surface area (Å²) in [5.74, 6) is 1.40. The Bertz CT molecular complexity index is 1140. The zero-order chi connectivity index (χ0) is 20.7. The van der Waals surface area contributed by atoms with Gasteiger partial charge in [-0.15, -0.1) is 0 Å². The zero-order valence-electron chi connectivity index (χ0n) is 16.2. The summed E-state index contributed by atoms with van der Waals surface area (Å²) in [4.78, 5) is 32.4. The third kappa shape index (κ3) is 3.73. The van der Waals surface area contributed by atoms with Gasteiger partial charge in [-0.3, -0.25) is 9.59 Å². The van der Waals surface area contributed by atoms with Gasteiger partial charge in [-0.2, -0.15) is 0 Å². The molecule has 1 saturated carbocycles. The van der Waals surface area contributed by atoms with Crippen LogP contribution in [0.1, 0.15) is 47.8 Å². The quantitative estimate of drug-likeness (QED) is 0.592. The van der Waals surface area contributed by atoms with Crippen LogP contribution in [0.25, 0.3) is 11.0 Å². The number of aromatic nitrogens is 2. The fraction of sp³-hybridized carbons (Fsp3) is 0.318. The molecule has 2 heterocycles. The van der Waals surface area contributed by atoms with Gasteiger partial charge < -0.3 is 20.4 Å². The molecule has 2 aromatic carbocycles. The molecule has 2 atom stereocenters. The number of H-pyrrole nitrogens is 1. The maximum Gasteiger partial charge on any atom is 0.262 e. The minimum atomic E-state index is -0.220. The van der Waals surface area contributed by atoms with Crippen molar-refractivity contribution in [2.24, 2.45) is 0 Å². The molecular formula is C22H21ClN4O3. The number of hydrogen-bond donors (Lipinski definition) is 3. The summed E-state index contributed by atoms with van der Waals surface area (Å²) in [7, 11) is 0. The number of fused-ring (bicyclic) bond motifs is 2. The summed E-state index contributed by atoms with van der Waals surface area (Å²) in [6, 6.07) is 10.8. The predicted octanol–water partition coefficient (Wildman–Crippen LogP) is 4.00. The van der Waals surface area contributed by atoms with Crippen LogP contribution in [-0.2, 0) is 4.79 Å². The van der Waals surface area contributed by atoms with Crippen LogP contribution in [0, 0.1) is 0 Å². The molecule has 1 aliphatic heterocycles. The maximum atomic E-state index is 12.8. The van der Waals surface area contributed by atoms with Crippen molar-refractivity contribution in [3.63, 3.8) is 0 Å². The summed E-state index contributed by atoms with van der Waals surface area (Å²) in [6.07, 6.45) is 3.80. The minimum Gasteiger partial charge on any atom is -0.482 e. The summed E-state index contributed by atoms with van der Waals surface area (Å²) < 4.78 is 5.35. The zero-order valence-corrected chi connectivity index (χ0v) is 17.0. The number of halogens is 1. The van der Waals surface area contributed by atoms with Crippen molar-refractivity contribution >= 4 is 40.1 Å². The van der Waals surface area contributed by atoms with E-state index in [2.05, 4.69) is 15.6 Å². The highest BCUT2D eigenvalue weighted by Crippen LogP contribution is 2.33. The molecule has 2 amide bonds. The van der Waals surface area contributed by atoms with Crippen LogP contribution < -0.4 is 15.4 Å². The van der Waals surface area contributed by atoms with Crippen molar-refractivity contribution in [3.8, 4) is 5.75 Å². The summed E-state index contributed by atoms with van der Waals surface area (Å²) in [5.41, 5.74) is 2.86. The van der Waals surface area contributed by atoms with Crippen molar-refractivity contribution in [1.29, 1.82) is 0 Å². The molecule has 0 unspecified atom stereocenters. The Hall–Kier alpha value is -3.06. The summed E-state index contributed by atoms with van der Waals surface area (Å²) in [5, 5.41) is 6.55. The van der Waals surface area contributed by atoms with E-state index in [-0.39, 0.29) is 30.4 Å². The van der Waals surface area contributed by atoms with Crippen molar-refractivity contribution in [2.45, 2.75) is 37.6 Å². The Morgan fingerprint density at radius 3 is 3.00 bits per heavy atom. The molecule has 0 bridgehead atoms. The number of benzene rings is 2. The van der Waals surface area contributed by atoms with Gasteiger partial charge in [-0.1, -0.05) is 18.0 Å². The standard InChI is InChI=1S/C22H21ClN4O3/c23-14-5-6-16-17(10-14)27-21(26-16)12-2-1-3-15(8-12)24-22(29)13-4-7-19-18(9-13)25-20(28)11-30-19/h4-7,9-10,12,15H,1-3,8,11H2,(H,24,29)(H,25,28)(H,26,27)/t12-,15+/m0/s1. The highest BCUT2D eigenvalue weighted by Gasteiger charge is 2.27. The molecule has 7 nitrogen and oxygen atoms in total. The lowest BCUT2D eigenvalue weighted by Crippen LogP contribution is -2.38. The SMILES string of the molecule is O=C1COc2ccc(C(=O)N[C@@H]3CCC[C@H](c4nc5cc(Cl)ccc5[nH]4)C3)cc2N1. The summed E-state index contributed by atoms with van der Waals surface area (Å²) in [6.45, 7) is -0.00397. The maximum absolute atomic E-state index is 12.8. The molecule has 154 valence electrons. The van der Waals surface area contributed by atoms with E-state index in [9.17, 15) is 9.59 Å². The fourth-order valence-electron chi connectivity index (χ4n) is 4.25. The molecule has 0 radical (unpaired) electrons. The van der Waals surface area contributed by atoms with E-state index >= 15 is 0 Å². The van der Waals surface area contributed by atoms with Gasteiger partial charge in [-0.05, 0) is 55.7 Å². The highest BCUT2D eigenvalue weighted by atomic mass is 35.5. The number of aromatic amines is 1. The van der Waals surface area contributed by atoms with Gasteiger partial charge in [-0.25, -0.2) is 4.98 Å². The van der Waals surface area contributed by atoms with Crippen molar-refractivity contribution < 1.29 is 14.3 Å². The Kier molecular flexibility index (Phi) is 4.83. The smallest absolute Gasteiger partial charge is 0.262 e. The van der Waals surface area contributed by atoms with E-state index in [0.29, 0.717) is 22.0 Å². The third-order valence-corrected chi connectivity index (χ3v) is 5.97. The fourth-order valence-corrected chi connectivity index (χ4v) is 4.42. The second-order valence-electron chi connectivity index (χ2n) is 7.87.